The molecule has 0 fully saturated rings. The van der Waals surface area contributed by atoms with E-state index in [0.29, 0.717) is 0 Å². The molecule has 120 valence electrons. The van der Waals surface area contributed by atoms with Gasteiger partial charge in [0.2, 0.25) is 0 Å². The number of H-pyrrole nitrogens is 1. The molecule has 0 unspecified atom stereocenters. The lowest BCUT2D eigenvalue weighted by Gasteiger charge is -2.07. The zero-order chi connectivity index (χ0) is 16.4. The minimum atomic E-state index is 0.744. The molecule has 2 aromatic heterocycles. The molecule has 0 aliphatic heterocycles. The lowest BCUT2D eigenvalue weighted by molar-refractivity contribution is 0.748. The van der Waals surface area contributed by atoms with Crippen LogP contribution in [0.15, 0.2) is 35.1 Å². The highest BCUT2D eigenvalue weighted by Gasteiger charge is 2.16. The summed E-state index contributed by atoms with van der Waals surface area (Å²) >= 11 is 3.53. The van der Waals surface area contributed by atoms with E-state index < -0.39 is 0 Å². The number of nitrogens with zero attached hydrogens (tertiary/aromatic N) is 1. The van der Waals surface area contributed by atoms with Gasteiger partial charge in [0, 0.05) is 33.3 Å². The number of aryl methyl sites for hydroxylation is 3. The first-order chi connectivity index (χ1) is 11.1. The Morgan fingerprint density at radius 1 is 1.13 bits per heavy atom. The van der Waals surface area contributed by atoms with Gasteiger partial charge in [0.15, 0.2) is 0 Å². The first-order valence-electron chi connectivity index (χ1n) is 8.03. The molecule has 23 heavy (non-hydrogen) atoms. The summed E-state index contributed by atoms with van der Waals surface area (Å²) in [6, 6.07) is 6.51. The number of fused-ring (bicyclic) bond motifs is 1. The fourth-order valence-electron chi connectivity index (χ4n) is 3.18. The number of benzene rings is 1. The second-order valence-electron chi connectivity index (χ2n) is 6.07. The van der Waals surface area contributed by atoms with E-state index in [1.807, 2.05) is 12.4 Å². The van der Waals surface area contributed by atoms with Gasteiger partial charge in [0.25, 0.3) is 0 Å². The van der Waals surface area contributed by atoms with Crippen molar-refractivity contribution >= 4 is 26.8 Å². The van der Waals surface area contributed by atoms with Crippen LogP contribution in [0.25, 0.3) is 22.2 Å². The summed E-state index contributed by atoms with van der Waals surface area (Å²) in [6.45, 7) is 5.09. The number of rotatable bonds is 5. The number of nitrogens with one attached hydrogen (secondary N) is 1. The quantitative estimate of drug-likeness (QED) is 0.627. The minimum Gasteiger partial charge on any atom is -0.354 e. The topological polar surface area (TPSA) is 54.7 Å². The Labute approximate surface area is 145 Å². The number of pyridine rings is 1. The maximum Gasteiger partial charge on any atom is 0.0513 e. The monoisotopic (exact) mass is 371 g/mol. The summed E-state index contributed by atoms with van der Waals surface area (Å²) < 4.78 is 0.995. The van der Waals surface area contributed by atoms with Crippen molar-refractivity contribution in [1.82, 2.24) is 9.97 Å². The predicted molar refractivity (Wildman–Crippen MR) is 101 cm³/mol. The summed E-state index contributed by atoms with van der Waals surface area (Å²) in [6.07, 6.45) is 6.92. The van der Waals surface area contributed by atoms with Crippen LogP contribution in [0.4, 0.5) is 0 Å². The van der Waals surface area contributed by atoms with Crippen LogP contribution in [0.3, 0.4) is 0 Å². The van der Waals surface area contributed by atoms with Gasteiger partial charge in [-0.3, -0.25) is 4.98 Å². The highest BCUT2D eigenvalue weighted by molar-refractivity contribution is 9.10. The van der Waals surface area contributed by atoms with E-state index >= 15 is 0 Å². The third kappa shape index (κ3) is 3.19. The maximum absolute atomic E-state index is 5.68. The normalized spacial score (nSPS) is 11.3. The fraction of sp³-hybridized carbons (Fsp3) is 0.316. The van der Waals surface area contributed by atoms with Gasteiger partial charge in [-0.25, -0.2) is 0 Å². The van der Waals surface area contributed by atoms with Crippen molar-refractivity contribution < 1.29 is 0 Å². The molecule has 0 atom stereocenters. The second-order valence-corrected chi connectivity index (χ2v) is 6.98. The summed E-state index contributed by atoms with van der Waals surface area (Å²) in [4.78, 5) is 7.98. The van der Waals surface area contributed by atoms with Gasteiger partial charge in [0.05, 0.1) is 5.69 Å². The Balaban J connectivity index is 2.21. The van der Waals surface area contributed by atoms with Crippen molar-refractivity contribution in [2.24, 2.45) is 5.73 Å². The zero-order valence-electron chi connectivity index (χ0n) is 13.6. The standard InChI is InChI=1S/C19H22BrN3/c1-12-6-7-13(2)18-17(12)16(5-3-4-8-21)19(23-18)14-9-15(20)11-22-10-14/h6-7,9-11,23H,3-5,8,21H2,1-2H3. The lowest BCUT2D eigenvalue weighted by atomic mass is 9.97. The van der Waals surface area contributed by atoms with E-state index in [1.54, 1.807) is 0 Å². The number of unbranched alkanes of at least 4 members (excludes halogenated alkanes) is 1. The zero-order valence-corrected chi connectivity index (χ0v) is 15.2. The second kappa shape index (κ2) is 6.85. The molecule has 0 spiro atoms. The van der Waals surface area contributed by atoms with E-state index in [0.717, 1.165) is 35.8 Å². The first kappa shape index (κ1) is 16.2. The van der Waals surface area contributed by atoms with Crippen molar-refractivity contribution in [3.8, 4) is 11.3 Å². The Morgan fingerprint density at radius 2 is 1.91 bits per heavy atom. The molecule has 0 saturated carbocycles. The molecule has 0 amide bonds. The molecule has 4 heteroatoms. The van der Waals surface area contributed by atoms with Crippen LogP contribution in [0.5, 0.6) is 0 Å². The van der Waals surface area contributed by atoms with Crippen LogP contribution < -0.4 is 5.73 Å². The average Bonchev–Trinajstić information content (AvgIpc) is 2.92. The van der Waals surface area contributed by atoms with E-state index in [4.69, 9.17) is 5.73 Å². The van der Waals surface area contributed by atoms with Crippen LogP contribution in [-0.4, -0.2) is 16.5 Å². The third-order valence-electron chi connectivity index (χ3n) is 4.35. The Morgan fingerprint density at radius 3 is 2.65 bits per heavy atom. The van der Waals surface area contributed by atoms with Crippen molar-refractivity contribution in [3.05, 3.63) is 51.8 Å². The average molecular weight is 372 g/mol. The Kier molecular flexibility index (Phi) is 4.83. The summed E-state index contributed by atoms with van der Waals surface area (Å²) in [5.41, 5.74) is 13.2. The Bertz CT molecular complexity index is 836. The van der Waals surface area contributed by atoms with Crippen molar-refractivity contribution in [3.63, 3.8) is 0 Å². The first-order valence-corrected chi connectivity index (χ1v) is 8.83. The molecule has 3 N–H and O–H groups in total. The van der Waals surface area contributed by atoms with Gasteiger partial charge in [-0.1, -0.05) is 12.1 Å². The molecule has 3 nitrogen and oxygen atoms in total. The molecule has 3 rings (SSSR count). The van der Waals surface area contributed by atoms with E-state index in [-0.39, 0.29) is 0 Å². The smallest absolute Gasteiger partial charge is 0.0513 e. The van der Waals surface area contributed by atoms with Gasteiger partial charge in [0.1, 0.15) is 0 Å². The minimum absolute atomic E-state index is 0.744. The number of aromatic amines is 1. The third-order valence-corrected chi connectivity index (χ3v) is 4.78. The van der Waals surface area contributed by atoms with Crippen molar-refractivity contribution in [2.75, 3.05) is 6.54 Å². The van der Waals surface area contributed by atoms with E-state index in [1.165, 1.54) is 33.3 Å². The lowest BCUT2D eigenvalue weighted by Crippen LogP contribution is -1.99. The number of aromatic nitrogens is 2. The molecule has 0 radical (unpaired) electrons. The molecule has 0 saturated heterocycles. The highest BCUT2D eigenvalue weighted by atomic mass is 79.9. The van der Waals surface area contributed by atoms with Gasteiger partial charge in [-0.15, -0.1) is 0 Å². The molecule has 0 aliphatic carbocycles. The van der Waals surface area contributed by atoms with Gasteiger partial charge >= 0.3 is 0 Å². The number of nitrogens with two attached hydrogens (primary N) is 1. The van der Waals surface area contributed by atoms with Gasteiger partial charge in [-0.2, -0.15) is 0 Å². The molecule has 0 bridgehead atoms. The van der Waals surface area contributed by atoms with Gasteiger partial charge in [-0.05, 0) is 78.3 Å². The summed E-state index contributed by atoms with van der Waals surface area (Å²) in [5.74, 6) is 0. The Hall–Kier alpha value is -1.65. The van der Waals surface area contributed by atoms with Crippen LogP contribution >= 0.6 is 15.9 Å². The SMILES string of the molecule is Cc1ccc(C)c2c(CCCCN)c(-c3cncc(Br)c3)[nH]c12. The van der Waals surface area contributed by atoms with E-state index in [2.05, 4.69) is 57.9 Å². The summed E-state index contributed by atoms with van der Waals surface area (Å²) in [5, 5.41) is 1.36. The van der Waals surface area contributed by atoms with Crippen LogP contribution in [0.2, 0.25) is 0 Å². The van der Waals surface area contributed by atoms with Crippen LogP contribution in [0.1, 0.15) is 29.5 Å². The molecule has 1 aromatic carbocycles. The van der Waals surface area contributed by atoms with Crippen molar-refractivity contribution in [1.29, 1.82) is 0 Å². The molecular weight excluding hydrogens is 350 g/mol. The molecule has 2 heterocycles. The fourth-order valence-corrected chi connectivity index (χ4v) is 3.54. The maximum atomic E-state index is 5.68. The molecule has 3 aromatic rings. The number of hydrogen-bond acceptors (Lipinski definition) is 2. The molecule has 0 aliphatic rings. The summed E-state index contributed by atoms with van der Waals surface area (Å²) in [7, 11) is 0. The number of halogens is 1. The predicted octanol–water partition coefficient (Wildman–Crippen LogP) is 4.89. The van der Waals surface area contributed by atoms with Crippen molar-refractivity contribution in [2.45, 2.75) is 33.1 Å². The van der Waals surface area contributed by atoms with Gasteiger partial charge < -0.3 is 10.7 Å². The highest BCUT2D eigenvalue weighted by Crippen LogP contribution is 2.35. The van der Waals surface area contributed by atoms with Crippen LogP contribution in [0, 0.1) is 13.8 Å². The van der Waals surface area contributed by atoms with Crippen LogP contribution in [-0.2, 0) is 6.42 Å². The largest absolute Gasteiger partial charge is 0.354 e. The number of hydrogen-bond donors (Lipinski definition) is 2. The molecular formula is C19H22BrN3. The van der Waals surface area contributed by atoms with E-state index in [9.17, 15) is 0 Å².